The highest BCUT2D eigenvalue weighted by Crippen LogP contribution is 2.22. The van der Waals surface area contributed by atoms with E-state index in [1.54, 1.807) is 6.20 Å². The molecule has 0 aliphatic carbocycles. The molecule has 2 N–H and O–H groups in total. The van der Waals surface area contributed by atoms with Crippen LogP contribution in [0.2, 0.25) is 0 Å². The monoisotopic (exact) mass is 385 g/mol. The van der Waals surface area contributed by atoms with Crippen LogP contribution in [0.4, 0.5) is 11.4 Å². The molecule has 0 spiro atoms. The molecular formula is C24H23N3S. The number of anilines is 2. The largest absolute Gasteiger partial charge is 0.388 e. The Hall–Kier alpha value is -3.24. The second-order valence-corrected chi connectivity index (χ2v) is 6.70. The van der Waals surface area contributed by atoms with Crippen molar-refractivity contribution < 1.29 is 0 Å². The third-order valence-corrected chi connectivity index (χ3v) is 4.44. The van der Waals surface area contributed by atoms with Crippen LogP contribution in [-0.4, -0.2) is 12.0 Å². The highest BCUT2D eigenvalue weighted by molar-refractivity contribution is 7.80. The van der Waals surface area contributed by atoms with E-state index in [4.69, 9.17) is 0 Å². The van der Waals surface area contributed by atoms with Crippen LogP contribution in [0.5, 0.6) is 0 Å². The molecule has 3 aromatic carbocycles. The van der Waals surface area contributed by atoms with Gasteiger partial charge in [0.05, 0.1) is 5.52 Å². The third-order valence-electron chi connectivity index (χ3n) is 4.16. The van der Waals surface area contributed by atoms with Crippen LogP contribution in [-0.2, 0) is 0 Å². The zero-order valence-electron chi connectivity index (χ0n) is 15.8. The molecule has 0 saturated heterocycles. The predicted molar refractivity (Wildman–Crippen MR) is 124 cm³/mol. The Morgan fingerprint density at radius 3 is 2.36 bits per heavy atom. The second-order valence-electron chi connectivity index (χ2n) is 6.18. The maximum Gasteiger partial charge on any atom is 0.0708 e. The molecule has 0 atom stereocenters. The van der Waals surface area contributed by atoms with Crippen molar-refractivity contribution in [1.82, 2.24) is 4.98 Å². The average molecular weight is 386 g/mol. The van der Waals surface area contributed by atoms with Crippen molar-refractivity contribution in [1.29, 1.82) is 0 Å². The topological polar surface area (TPSA) is 37.0 Å². The first-order valence-corrected chi connectivity index (χ1v) is 9.43. The van der Waals surface area contributed by atoms with E-state index in [1.807, 2.05) is 85.9 Å². The Kier molecular flexibility index (Phi) is 6.71. The van der Waals surface area contributed by atoms with Gasteiger partial charge in [-0.2, -0.15) is 0 Å². The summed E-state index contributed by atoms with van der Waals surface area (Å²) in [7, 11) is 1.91. The number of hydrogen-bond acceptors (Lipinski definition) is 4. The number of nitrogens with one attached hydrogen (secondary N) is 2. The van der Waals surface area contributed by atoms with Crippen molar-refractivity contribution in [2.24, 2.45) is 0 Å². The summed E-state index contributed by atoms with van der Waals surface area (Å²) < 4.78 is 0. The highest BCUT2D eigenvalue weighted by atomic mass is 32.1. The SMILES string of the molecule is C=C(Nc1cccc(S)c1)c1ccc2cccnc2c1.CNc1ccccc1. The van der Waals surface area contributed by atoms with E-state index >= 15 is 0 Å². The average Bonchev–Trinajstić information content (AvgIpc) is 2.74. The Labute approximate surface area is 171 Å². The normalized spacial score (nSPS) is 9.93. The molecule has 4 heteroatoms. The number of nitrogens with zero attached hydrogens (tertiary/aromatic N) is 1. The van der Waals surface area contributed by atoms with E-state index in [9.17, 15) is 0 Å². The molecule has 3 nitrogen and oxygen atoms in total. The molecule has 0 aliphatic rings. The van der Waals surface area contributed by atoms with Crippen molar-refractivity contribution in [2.75, 3.05) is 17.7 Å². The van der Waals surface area contributed by atoms with Crippen molar-refractivity contribution in [2.45, 2.75) is 4.90 Å². The predicted octanol–water partition coefficient (Wildman–Crippen LogP) is 6.33. The van der Waals surface area contributed by atoms with Gasteiger partial charge in [-0.3, -0.25) is 4.98 Å². The van der Waals surface area contributed by atoms with Gasteiger partial charge in [0.2, 0.25) is 0 Å². The Morgan fingerprint density at radius 2 is 1.64 bits per heavy atom. The van der Waals surface area contributed by atoms with E-state index < -0.39 is 0 Å². The number of rotatable bonds is 4. The smallest absolute Gasteiger partial charge is 0.0708 e. The minimum Gasteiger partial charge on any atom is -0.388 e. The third kappa shape index (κ3) is 5.38. The fraction of sp³-hybridized carbons (Fsp3) is 0.0417. The summed E-state index contributed by atoms with van der Waals surface area (Å²) in [4.78, 5) is 5.28. The minimum absolute atomic E-state index is 0.844. The van der Waals surface area contributed by atoms with Crippen LogP contribution >= 0.6 is 12.6 Å². The van der Waals surface area contributed by atoms with Gasteiger partial charge >= 0.3 is 0 Å². The number of aromatic nitrogens is 1. The number of thiol groups is 1. The molecule has 4 rings (SSSR count). The highest BCUT2D eigenvalue weighted by Gasteiger charge is 2.02. The standard InChI is InChI=1S/C17H14N2S.C7H9N/c1-12(19-15-5-2-6-16(20)11-15)14-8-7-13-4-3-9-18-17(13)10-14;1-8-7-5-3-2-4-6-7/h2-11,19-20H,1H2;2-6,8H,1H3. The Balaban J connectivity index is 0.000000236. The van der Waals surface area contributed by atoms with Crippen LogP contribution in [0, 0.1) is 0 Å². The zero-order chi connectivity index (χ0) is 19.8. The van der Waals surface area contributed by atoms with Crippen molar-refractivity contribution >= 4 is 40.6 Å². The molecule has 1 aromatic heterocycles. The lowest BCUT2D eigenvalue weighted by Gasteiger charge is -2.11. The maximum atomic E-state index is 4.36. The Morgan fingerprint density at radius 1 is 0.857 bits per heavy atom. The number of hydrogen-bond donors (Lipinski definition) is 3. The zero-order valence-corrected chi connectivity index (χ0v) is 16.7. The van der Waals surface area contributed by atoms with Gasteiger partial charge in [0.25, 0.3) is 0 Å². The van der Waals surface area contributed by atoms with Gasteiger partial charge in [-0.25, -0.2) is 0 Å². The van der Waals surface area contributed by atoms with Gasteiger partial charge in [0, 0.05) is 40.6 Å². The number of para-hydroxylation sites is 1. The molecule has 0 saturated carbocycles. The molecule has 140 valence electrons. The summed E-state index contributed by atoms with van der Waals surface area (Å²) in [6.45, 7) is 4.09. The first kappa shape index (κ1) is 19.5. The van der Waals surface area contributed by atoms with E-state index in [0.29, 0.717) is 0 Å². The van der Waals surface area contributed by atoms with Crippen LogP contribution in [0.15, 0.2) is 103 Å². The van der Waals surface area contributed by atoms with Gasteiger partial charge in [0.15, 0.2) is 0 Å². The minimum atomic E-state index is 0.844. The van der Waals surface area contributed by atoms with Gasteiger partial charge in [-0.05, 0) is 48.0 Å². The summed E-state index contributed by atoms with van der Waals surface area (Å²) in [5, 5.41) is 7.45. The maximum absolute atomic E-state index is 4.36. The van der Waals surface area contributed by atoms with E-state index in [2.05, 4.69) is 40.9 Å². The first-order valence-electron chi connectivity index (χ1n) is 8.98. The molecule has 0 radical (unpaired) electrons. The molecule has 0 amide bonds. The first-order chi connectivity index (χ1) is 13.7. The molecule has 0 aliphatic heterocycles. The Bertz CT molecular complexity index is 1060. The van der Waals surface area contributed by atoms with Gasteiger partial charge < -0.3 is 10.6 Å². The van der Waals surface area contributed by atoms with Crippen LogP contribution in [0.1, 0.15) is 5.56 Å². The lowest BCUT2D eigenvalue weighted by Crippen LogP contribution is -1.97. The number of benzene rings is 3. The molecule has 0 bridgehead atoms. The summed E-state index contributed by atoms with van der Waals surface area (Å²) in [5.74, 6) is 0. The van der Waals surface area contributed by atoms with E-state index in [0.717, 1.165) is 38.4 Å². The molecule has 28 heavy (non-hydrogen) atoms. The van der Waals surface area contributed by atoms with Crippen molar-refractivity contribution in [3.05, 3.63) is 103 Å². The number of pyridine rings is 1. The van der Waals surface area contributed by atoms with E-state index in [1.165, 1.54) is 0 Å². The lowest BCUT2D eigenvalue weighted by molar-refractivity contribution is 1.40. The summed E-state index contributed by atoms with van der Waals surface area (Å²) >= 11 is 4.33. The molecule has 0 fully saturated rings. The molecule has 4 aromatic rings. The fourth-order valence-electron chi connectivity index (χ4n) is 2.69. The lowest BCUT2D eigenvalue weighted by atomic mass is 10.1. The molecular weight excluding hydrogens is 362 g/mol. The number of fused-ring (bicyclic) bond motifs is 1. The second kappa shape index (κ2) is 9.62. The van der Waals surface area contributed by atoms with Gasteiger partial charge in [0.1, 0.15) is 0 Å². The summed E-state index contributed by atoms with van der Waals surface area (Å²) in [6.07, 6.45) is 1.80. The van der Waals surface area contributed by atoms with Crippen molar-refractivity contribution in [3.8, 4) is 0 Å². The summed E-state index contributed by atoms with van der Waals surface area (Å²) in [5.41, 5.74) is 4.98. The molecule has 1 heterocycles. The van der Waals surface area contributed by atoms with E-state index in [-0.39, 0.29) is 0 Å². The van der Waals surface area contributed by atoms with Gasteiger partial charge in [-0.15, -0.1) is 12.6 Å². The molecule has 0 unspecified atom stereocenters. The van der Waals surface area contributed by atoms with Crippen LogP contribution in [0.3, 0.4) is 0 Å². The van der Waals surface area contributed by atoms with Crippen molar-refractivity contribution in [3.63, 3.8) is 0 Å². The van der Waals surface area contributed by atoms with Crippen LogP contribution in [0.25, 0.3) is 16.6 Å². The quantitative estimate of drug-likeness (QED) is 0.359. The fourth-order valence-corrected chi connectivity index (χ4v) is 2.91. The van der Waals surface area contributed by atoms with Gasteiger partial charge in [-0.1, -0.05) is 49.0 Å². The summed E-state index contributed by atoms with van der Waals surface area (Å²) in [6, 6.07) is 28.0. The van der Waals surface area contributed by atoms with Crippen LogP contribution < -0.4 is 10.6 Å².